The van der Waals surface area contributed by atoms with Crippen molar-refractivity contribution in [3.63, 3.8) is 0 Å². The molecule has 0 bridgehead atoms. The van der Waals surface area contributed by atoms with Crippen LogP contribution in [0.15, 0.2) is 4.99 Å². The number of nitrogens with one attached hydrogen (secondary N) is 1. The summed E-state index contributed by atoms with van der Waals surface area (Å²) >= 11 is 4.94. The van der Waals surface area contributed by atoms with Crippen molar-refractivity contribution in [1.82, 2.24) is 5.32 Å². The van der Waals surface area contributed by atoms with Crippen LogP contribution in [0.4, 0.5) is 0 Å². The van der Waals surface area contributed by atoms with Crippen molar-refractivity contribution in [1.29, 1.82) is 0 Å². The first-order valence-corrected chi connectivity index (χ1v) is 3.76. The van der Waals surface area contributed by atoms with Crippen molar-refractivity contribution < 1.29 is 0 Å². The van der Waals surface area contributed by atoms with Gasteiger partial charge in [-0.25, -0.2) is 0 Å². The zero-order chi connectivity index (χ0) is 7.78. The molecule has 2 nitrogen and oxygen atoms in total. The first kappa shape index (κ1) is 7.66. The van der Waals surface area contributed by atoms with Gasteiger partial charge in [0, 0.05) is 5.41 Å². The first-order chi connectivity index (χ1) is 4.50. The molecule has 1 heterocycles. The highest BCUT2D eigenvalue weighted by atomic mass is 32.1. The van der Waals surface area contributed by atoms with E-state index in [9.17, 15) is 0 Å². The standard InChI is InChI=1S/C7H12N2S/c1-7(2,3)6-8-4-5(10)9-6/h4H2,1-3H3,(H,8,9,10). The van der Waals surface area contributed by atoms with E-state index in [2.05, 4.69) is 31.1 Å². The Balaban J connectivity index is 2.69. The van der Waals surface area contributed by atoms with Gasteiger partial charge in [-0.15, -0.1) is 0 Å². The lowest BCUT2D eigenvalue weighted by Crippen LogP contribution is -2.33. The van der Waals surface area contributed by atoms with Crippen molar-refractivity contribution in [2.45, 2.75) is 20.8 Å². The number of aliphatic imine (C=N–C) groups is 1. The van der Waals surface area contributed by atoms with Crippen LogP contribution in [0.3, 0.4) is 0 Å². The number of hydrogen-bond acceptors (Lipinski definition) is 2. The molecule has 0 aliphatic carbocycles. The maximum absolute atomic E-state index is 4.94. The number of nitrogens with zero attached hydrogens (tertiary/aromatic N) is 1. The largest absolute Gasteiger partial charge is 0.337 e. The summed E-state index contributed by atoms with van der Waals surface area (Å²) in [6.45, 7) is 7.02. The van der Waals surface area contributed by atoms with Crippen LogP contribution >= 0.6 is 12.2 Å². The third kappa shape index (κ3) is 1.53. The third-order valence-corrected chi connectivity index (χ3v) is 1.58. The molecule has 1 N–H and O–H groups in total. The van der Waals surface area contributed by atoms with Gasteiger partial charge >= 0.3 is 0 Å². The summed E-state index contributed by atoms with van der Waals surface area (Å²) < 4.78 is 0. The van der Waals surface area contributed by atoms with Crippen LogP contribution in [0.2, 0.25) is 0 Å². The van der Waals surface area contributed by atoms with Gasteiger partial charge in [0.05, 0.1) is 6.54 Å². The second kappa shape index (κ2) is 2.31. The third-order valence-electron chi connectivity index (χ3n) is 1.35. The summed E-state index contributed by atoms with van der Waals surface area (Å²) in [7, 11) is 0. The quantitative estimate of drug-likeness (QED) is 0.536. The first-order valence-electron chi connectivity index (χ1n) is 3.35. The van der Waals surface area contributed by atoms with E-state index in [0.717, 1.165) is 10.8 Å². The van der Waals surface area contributed by atoms with Crippen molar-refractivity contribution in [3.05, 3.63) is 0 Å². The highest BCUT2D eigenvalue weighted by Gasteiger charge is 2.22. The summed E-state index contributed by atoms with van der Waals surface area (Å²) in [5.74, 6) is 1.01. The average Bonchev–Trinajstić information content (AvgIpc) is 2.11. The Hall–Kier alpha value is -0.440. The van der Waals surface area contributed by atoms with Gasteiger partial charge in [0.15, 0.2) is 0 Å². The summed E-state index contributed by atoms with van der Waals surface area (Å²) in [6, 6.07) is 0. The van der Waals surface area contributed by atoms with Crippen molar-refractivity contribution >= 4 is 23.0 Å². The van der Waals surface area contributed by atoms with E-state index >= 15 is 0 Å². The molecule has 0 saturated carbocycles. The van der Waals surface area contributed by atoms with Gasteiger partial charge in [-0.05, 0) is 0 Å². The van der Waals surface area contributed by atoms with Gasteiger partial charge in [0.1, 0.15) is 10.8 Å². The van der Waals surface area contributed by atoms with Gasteiger partial charge in [-0.1, -0.05) is 33.0 Å². The Morgan fingerprint density at radius 2 is 2.10 bits per heavy atom. The highest BCUT2D eigenvalue weighted by Crippen LogP contribution is 2.16. The summed E-state index contributed by atoms with van der Waals surface area (Å²) in [4.78, 5) is 5.09. The van der Waals surface area contributed by atoms with Crippen LogP contribution in [-0.4, -0.2) is 17.4 Å². The lowest BCUT2D eigenvalue weighted by Gasteiger charge is -2.17. The summed E-state index contributed by atoms with van der Waals surface area (Å²) in [5, 5.41) is 3.08. The zero-order valence-corrected chi connectivity index (χ0v) is 7.38. The Morgan fingerprint density at radius 1 is 1.50 bits per heavy atom. The maximum atomic E-state index is 4.94. The lowest BCUT2D eigenvalue weighted by molar-refractivity contribution is 0.580. The highest BCUT2D eigenvalue weighted by molar-refractivity contribution is 7.80. The molecule has 0 aromatic heterocycles. The van der Waals surface area contributed by atoms with Crippen molar-refractivity contribution in [2.24, 2.45) is 10.4 Å². The van der Waals surface area contributed by atoms with Gasteiger partial charge in [0.25, 0.3) is 0 Å². The van der Waals surface area contributed by atoms with Crippen LogP contribution < -0.4 is 5.32 Å². The molecule has 0 fully saturated rings. The van der Waals surface area contributed by atoms with Crippen molar-refractivity contribution in [3.8, 4) is 0 Å². The van der Waals surface area contributed by atoms with E-state index in [-0.39, 0.29) is 5.41 Å². The van der Waals surface area contributed by atoms with Crippen LogP contribution in [0, 0.1) is 5.41 Å². The molecule has 0 atom stereocenters. The van der Waals surface area contributed by atoms with E-state index in [1.165, 1.54) is 0 Å². The van der Waals surface area contributed by atoms with Gasteiger partial charge < -0.3 is 5.32 Å². The Kier molecular flexibility index (Phi) is 1.77. The van der Waals surface area contributed by atoms with Gasteiger partial charge in [0.2, 0.25) is 0 Å². The maximum Gasteiger partial charge on any atom is 0.107 e. The second-order valence-corrected chi connectivity index (χ2v) is 3.96. The normalized spacial score (nSPS) is 18.7. The average molecular weight is 156 g/mol. The molecule has 56 valence electrons. The molecular weight excluding hydrogens is 144 g/mol. The molecule has 1 aliphatic rings. The van der Waals surface area contributed by atoms with Crippen LogP contribution in [0.1, 0.15) is 20.8 Å². The molecule has 0 amide bonds. The summed E-state index contributed by atoms with van der Waals surface area (Å²) in [5.41, 5.74) is 0.112. The molecule has 0 unspecified atom stereocenters. The molecule has 0 spiro atoms. The minimum atomic E-state index is 0.112. The van der Waals surface area contributed by atoms with E-state index < -0.39 is 0 Å². The molecule has 3 heteroatoms. The van der Waals surface area contributed by atoms with Gasteiger partial charge in [-0.3, -0.25) is 4.99 Å². The molecule has 10 heavy (non-hydrogen) atoms. The Labute approximate surface area is 66.7 Å². The molecule has 1 rings (SSSR count). The molecule has 0 aromatic rings. The topological polar surface area (TPSA) is 24.4 Å². The second-order valence-electron chi connectivity index (χ2n) is 3.46. The number of amidine groups is 1. The zero-order valence-electron chi connectivity index (χ0n) is 6.56. The molecule has 0 radical (unpaired) electrons. The minimum Gasteiger partial charge on any atom is -0.337 e. The van der Waals surface area contributed by atoms with Gasteiger partial charge in [-0.2, -0.15) is 0 Å². The van der Waals surface area contributed by atoms with Crippen LogP contribution in [0.5, 0.6) is 0 Å². The molecular formula is C7H12N2S. The predicted octanol–water partition coefficient (Wildman–Crippen LogP) is 1.36. The molecule has 0 saturated heterocycles. The monoisotopic (exact) mass is 156 g/mol. The smallest absolute Gasteiger partial charge is 0.107 e. The van der Waals surface area contributed by atoms with Crippen molar-refractivity contribution in [2.75, 3.05) is 6.54 Å². The fourth-order valence-corrected chi connectivity index (χ4v) is 0.948. The predicted molar refractivity (Wildman–Crippen MR) is 47.5 cm³/mol. The Bertz CT molecular complexity index is 188. The fraction of sp³-hybridized carbons (Fsp3) is 0.714. The van der Waals surface area contributed by atoms with E-state index in [0.29, 0.717) is 6.54 Å². The fourth-order valence-electron chi connectivity index (χ4n) is 0.787. The number of hydrogen-bond donors (Lipinski definition) is 1. The minimum absolute atomic E-state index is 0.112. The van der Waals surface area contributed by atoms with Crippen LogP contribution in [-0.2, 0) is 0 Å². The van der Waals surface area contributed by atoms with E-state index in [1.54, 1.807) is 0 Å². The van der Waals surface area contributed by atoms with Crippen LogP contribution in [0.25, 0.3) is 0 Å². The SMILES string of the molecule is CC(C)(C)C1=NCC(=S)N1. The Morgan fingerprint density at radius 3 is 2.30 bits per heavy atom. The molecule has 0 aromatic carbocycles. The molecule has 1 aliphatic heterocycles. The lowest BCUT2D eigenvalue weighted by atomic mass is 9.95. The van der Waals surface area contributed by atoms with E-state index in [4.69, 9.17) is 12.2 Å². The van der Waals surface area contributed by atoms with E-state index in [1.807, 2.05) is 0 Å². The number of rotatable bonds is 0. The number of thiocarbonyl (C=S) groups is 1. The summed E-state index contributed by atoms with van der Waals surface area (Å²) in [6.07, 6.45) is 0.